The largest absolute Gasteiger partial charge is 0.436 e. The van der Waals surface area contributed by atoms with E-state index in [1.54, 1.807) is 0 Å². The second kappa shape index (κ2) is 17.7. The lowest BCUT2D eigenvalue weighted by molar-refractivity contribution is 0.620. The molecule has 0 atom stereocenters. The molecule has 0 saturated carbocycles. The van der Waals surface area contributed by atoms with E-state index in [2.05, 4.69) is 245 Å². The molecule has 0 N–H and O–H groups in total. The minimum Gasteiger partial charge on any atom is -0.436 e. The van der Waals surface area contributed by atoms with Crippen LogP contribution >= 0.6 is 0 Å². The minimum atomic E-state index is 0.610. The van der Waals surface area contributed by atoms with Gasteiger partial charge in [-0.05, 0) is 143 Å². The van der Waals surface area contributed by atoms with Gasteiger partial charge >= 0.3 is 0 Å². The van der Waals surface area contributed by atoms with Crippen molar-refractivity contribution in [1.82, 2.24) is 4.98 Å². The Kier molecular flexibility index (Phi) is 10.5. The Balaban J connectivity index is 1.07. The molecule has 1 aromatic heterocycles. The molecule has 0 aliphatic heterocycles. The minimum absolute atomic E-state index is 0.610. The highest BCUT2D eigenvalue weighted by molar-refractivity contribution is 6.19. The first-order chi connectivity index (χ1) is 33.7. The zero-order chi connectivity index (χ0) is 45.2. The van der Waals surface area contributed by atoms with Gasteiger partial charge in [0.1, 0.15) is 5.52 Å². The smallest absolute Gasteiger partial charge is 0.227 e. The highest BCUT2D eigenvalue weighted by Crippen LogP contribution is 2.46. The van der Waals surface area contributed by atoms with Crippen LogP contribution in [0.1, 0.15) is 0 Å². The van der Waals surface area contributed by atoms with Crippen molar-refractivity contribution in [2.45, 2.75) is 0 Å². The molecule has 5 nitrogen and oxygen atoms in total. The molecular weight excluding hydrogens is 829 g/mol. The zero-order valence-corrected chi connectivity index (χ0v) is 37.1. The molecule has 322 valence electrons. The standard InChI is InChI=1S/C63H44N4O/c1-7-20-45(21-8-1)49-40-57(66(52-28-15-5-16-29-52)55-33-19-32-54(42-55)65(50-24-11-3-12-25-50)51-26-13-4-14-27-51)43-58(41-49)67(53-30-17-6-18-31-53)56-38-36-46-34-35-47-37-39-60-62(61(47)59(46)44-56)64-63(68-60)48-22-9-2-10-23-48/h1-44H. The van der Waals surface area contributed by atoms with E-state index in [1.807, 2.05) is 36.4 Å². The van der Waals surface area contributed by atoms with E-state index in [0.29, 0.717) is 5.89 Å². The number of rotatable bonds is 11. The van der Waals surface area contributed by atoms with Crippen LogP contribution in [0.15, 0.2) is 271 Å². The molecule has 0 radical (unpaired) electrons. The lowest BCUT2D eigenvalue weighted by Crippen LogP contribution is -2.15. The summed E-state index contributed by atoms with van der Waals surface area (Å²) in [7, 11) is 0. The van der Waals surface area contributed by atoms with Crippen LogP contribution in [0, 0.1) is 0 Å². The van der Waals surface area contributed by atoms with Gasteiger partial charge in [-0.3, -0.25) is 0 Å². The summed E-state index contributed by atoms with van der Waals surface area (Å²) in [6.45, 7) is 0. The number of anilines is 9. The van der Waals surface area contributed by atoms with Gasteiger partial charge < -0.3 is 19.1 Å². The van der Waals surface area contributed by atoms with E-state index in [-0.39, 0.29) is 0 Å². The zero-order valence-electron chi connectivity index (χ0n) is 37.1. The Morgan fingerprint density at radius 1 is 0.279 bits per heavy atom. The van der Waals surface area contributed by atoms with Gasteiger partial charge in [0.05, 0.1) is 0 Å². The lowest BCUT2D eigenvalue weighted by atomic mass is 9.99. The molecule has 0 fully saturated rings. The highest BCUT2D eigenvalue weighted by atomic mass is 16.3. The van der Waals surface area contributed by atoms with Crippen molar-refractivity contribution in [3.05, 3.63) is 267 Å². The summed E-state index contributed by atoms with van der Waals surface area (Å²) in [6.07, 6.45) is 0. The van der Waals surface area contributed by atoms with Crippen LogP contribution in [0.5, 0.6) is 0 Å². The fourth-order valence-electron chi connectivity index (χ4n) is 9.43. The summed E-state index contributed by atoms with van der Waals surface area (Å²) in [5.74, 6) is 0.610. The van der Waals surface area contributed by atoms with Crippen LogP contribution in [0.2, 0.25) is 0 Å². The SMILES string of the molecule is c1ccc(-c2cc(N(c3ccccc3)c3cccc(N(c4ccccc4)c4ccccc4)c3)cc(N(c3ccccc3)c3ccc4ccc5ccc6oc(-c7ccccc7)nc6c5c4c3)c2)cc1. The molecule has 0 bridgehead atoms. The summed E-state index contributed by atoms with van der Waals surface area (Å²) in [5.41, 5.74) is 14.1. The summed E-state index contributed by atoms with van der Waals surface area (Å²) >= 11 is 0. The Bertz CT molecular complexity index is 3640. The Labute approximate surface area is 395 Å². The Hall–Kier alpha value is -9.19. The van der Waals surface area contributed by atoms with Gasteiger partial charge in [-0.2, -0.15) is 0 Å². The van der Waals surface area contributed by atoms with Crippen LogP contribution in [0.25, 0.3) is 55.2 Å². The van der Waals surface area contributed by atoms with Crippen molar-refractivity contribution >= 4 is 83.8 Å². The molecule has 11 aromatic carbocycles. The number of hydrogen-bond donors (Lipinski definition) is 0. The van der Waals surface area contributed by atoms with Gasteiger partial charge in [-0.1, -0.05) is 152 Å². The number of oxazole rings is 1. The average Bonchev–Trinajstić information content (AvgIpc) is 3.86. The van der Waals surface area contributed by atoms with Crippen molar-refractivity contribution < 1.29 is 4.42 Å². The number of fused-ring (bicyclic) bond motifs is 5. The Morgan fingerprint density at radius 3 is 1.21 bits per heavy atom. The van der Waals surface area contributed by atoms with Crippen LogP contribution < -0.4 is 14.7 Å². The van der Waals surface area contributed by atoms with Crippen LogP contribution in [-0.4, -0.2) is 4.98 Å². The second-order valence-electron chi connectivity index (χ2n) is 16.8. The van der Waals surface area contributed by atoms with Gasteiger partial charge in [0.15, 0.2) is 5.58 Å². The van der Waals surface area contributed by atoms with Crippen molar-refractivity contribution in [3.8, 4) is 22.6 Å². The van der Waals surface area contributed by atoms with Crippen LogP contribution in [-0.2, 0) is 0 Å². The quantitative estimate of drug-likeness (QED) is 0.121. The maximum absolute atomic E-state index is 6.43. The normalized spacial score (nSPS) is 11.2. The predicted molar refractivity (Wildman–Crippen MR) is 284 cm³/mol. The second-order valence-corrected chi connectivity index (χ2v) is 16.8. The first-order valence-electron chi connectivity index (χ1n) is 22.9. The van der Waals surface area contributed by atoms with Crippen molar-refractivity contribution in [3.63, 3.8) is 0 Å². The summed E-state index contributed by atoms with van der Waals surface area (Å²) in [5, 5.41) is 4.39. The molecule has 68 heavy (non-hydrogen) atoms. The summed E-state index contributed by atoms with van der Waals surface area (Å²) in [6, 6.07) is 94.4. The molecule has 0 aliphatic carbocycles. The number of benzene rings is 11. The number of hydrogen-bond acceptors (Lipinski definition) is 5. The molecule has 0 unspecified atom stereocenters. The van der Waals surface area contributed by atoms with Gasteiger partial charge in [-0.25, -0.2) is 4.98 Å². The van der Waals surface area contributed by atoms with E-state index >= 15 is 0 Å². The molecular formula is C63H44N4O. The third-order valence-electron chi connectivity index (χ3n) is 12.6. The van der Waals surface area contributed by atoms with Gasteiger partial charge in [0.25, 0.3) is 0 Å². The maximum Gasteiger partial charge on any atom is 0.227 e. The topological polar surface area (TPSA) is 35.8 Å². The molecule has 0 aliphatic rings. The third-order valence-corrected chi connectivity index (χ3v) is 12.6. The van der Waals surface area contributed by atoms with Crippen molar-refractivity contribution in [1.29, 1.82) is 0 Å². The first-order valence-corrected chi connectivity index (χ1v) is 22.9. The third kappa shape index (κ3) is 7.68. The van der Waals surface area contributed by atoms with E-state index in [4.69, 9.17) is 9.40 Å². The monoisotopic (exact) mass is 872 g/mol. The fraction of sp³-hybridized carbons (Fsp3) is 0. The summed E-state index contributed by atoms with van der Waals surface area (Å²) < 4.78 is 6.43. The van der Waals surface area contributed by atoms with Gasteiger partial charge in [0.2, 0.25) is 5.89 Å². The molecule has 0 saturated heterocycles. The van der Waals surface area contributed by atoms with Crippen LogP contribution in [0.4, 0.5) is 51.2 Å². The number of para-hydroxylation sites is 4. The van der Waals surface area contributed by atoms with E-state index < -0.39 is 0 Å². The first kappa shape index (κ1) is 40.3. The Morgan fingerprint density at radius 2 is 0.676 bits per heavy atom. The summed E-state index contributed by atoms with van der Waals surface area (Å²) in [4.78, 5) is 12.2. The predicted octanol–water partition coefficient (Wildman–Crippen LogP) is 17.9. The van der Waals surface area contributed by atoms with Gasteiger partial charge in [0, 0.05) is 62.1 Å². The number of aromatic nitrogens is 1. The molecule has 12 rings (SSSR count). The van der Waals surface area contributed by atoms with Crippen molar-refractivity contribution in [2.75, 3.05) is 14.7 Å². The van der Waals surface area contributed by atoms with Gasteiger partial charge in [-0.15, -0.1) is 0 Å². The molecule has 12 aromatic rings. The molecule has 0 spiro atoms. The maximum atomic E-state index is 6.43. The molecule has 1 heterocycles. The molecule has 0 amide bonds. The average molecular weight is 873 g/mol. The van der Waals surface area contributed by atoms with Crippen LogP contribution in [0.3, 0.4) is 0 Å². The van der Waals surface area contributed by atoms with E-state index in [1.165, 1.54) is 0 Å². The van der Waals surface area contributed by atoms with E-state index in [9.17, 15) is 0 Å². The fourth-order valence-corrected chi connectivity index (χ4v) is 9.43. The lowest BCUT2D eigenvalue weighted by Gasteiger charge is -2.31. The molecule has 5 heteroatoms. The van der Waals surface area contributed by atoms with Crippen molar-refractivity contribution in [2.24, 2.45) is 0 Å². The number of nitrogens with zero attached hydrogens (tertiary/aromatic N) is 4. The highest BCUT2D eigenvalue weighted by Gasteiger charge is 2.22. The van der Waals surface area contributed by atoms with E-state index in [0.717, 1.165) is 101 Å².